The molecule has 0 saturated carbocycles. The van der Waals surface area contributed by atoms with E-state index in [1.807, 2.05) is 69.2 Å². The normalized spacial score (nSPS) is 13.5. The van der Waals surface area contributed by atoms with Crippen LogP contribution in [0.5, 0.6) is 11.5 Å². The van der Waals surface area contributed by atoms with Gasteiger partial charge in [0.1, 0.15) is 34.2 Å². The summed E-state index contributed by atoms with van der Waals surface area (Å²) in [6.07, 6.45) is 4.95. The summed E-state index contributed by atoms with van der Waals surface area (Å²) in [5.74, 6) is -3.38. The van der Waals surface area contributed by atoms with Crippen LogP contribution in [0.4, 0.5) is 11.4 Å². The lowest BCUT2D eigenvalue weighted by atomic mass is 9.62. The van der Waals surface area contributed by atoms with Gasteiger partial charge in [-0.15, -0.1) is 0 Å². The highest BCUT2D eigenvalue weighted by Gasteiger charge is 2.51. The number of nitrogens with two attached hydrogens (primary N) is 1. The number of phenolic OH excluding ortho intramolecular Hbond substituents is 2. The highest BCUT2D eigenvalue weighted by atomic mass is 35.5. The zero-order valence-electron chi connectivity index (χ0n) is 76.3. The third kappa shape index (κ3) is 38.9. The van der Waals surface area contributed by atoms with E-state index in [-0.39, 0.29) is 242 Å². The van der Waals surface area contributed by atoms with E-state index in [1.165, 1.54) is 60.7 Å². The Kier molecular flexibility index (Phi) is 64.1. The van der Waals surface area contributed by atoms with Gasteiger partial charge in [-0.2, -0.15) is 0 Å². The van der Waals surface area contributed by atoms with Crippen molar-refractivity contribution in [3.05, 3.63) is 141 Å². The van der Waals surface area contributed by atoms with Crippen molar-refractivity contribution in [3.63, 3.8) is 0 Å². The van der Waals surface area contributed by atoms with Crippen molar-refractivity contribution in [1.29, 1.82) is 0 Å². The lowest BCUT2D eigenvalue weighted by Crippen LogP contribution is -3.00. The number of anilines is 2. The van der Waals surface area contributed by atoms with E-state index in [9.17, 15) is 78.6 Å². The van der Waals surface area contributed by atoms with E-state index in [1.54, 1.807) is 62.4 Å². The molecule has 2 aliphatic heterocycles. The second-order valence-corrected chi connectivity index (χ2v) is 37.0. The first-order chi connectivity index (χ1) is 59.7. The van der Waals surface area contributed by atoms with Crippen LogP contribution in [0.15, 0.2) is 128 Å². The Morgan fingerprint density at radius 3 is 1.01 bits per heavy atom. The van der Waals surface area contributed by atoms with Gasteiger partial charge in [-0.25, -0.2) is 9.59 Å². The molecule has 794 valence electrons. The number of thiocarbonyl (C=S) groups is 2. The Morgan fingerprint density at radius 1 is 0.400 bits per heavy atom. The van der Waals surface area contributed by atoms with E-state index in [2.05, 4.69) is 74.3 Å². The first-order valence-electron chi connectivity index (χ1n) is 43.5. The van der Waals surface area contributed by atoms with E-state index < -0.39 is 56.6 Å². The molecule has 8 unspecified atom stereocenters. The summed E-state index contributed by atoms with van der Waals surface area (Å²) in [6.45, 7) is 25.6. The molecule has 2 heterocycles. The summed E-state index contributed by atoms with van der Waals surface area (Å²) in [5.41, 5.74) is 3.29. The van der Waals surface area contributed by atoms with Crippen molar-refractivity contribution >= 4 is 115 Å². The number of halogens is 1. The molecule has 0 aromatic heterocycles. The summed E-state index contributed by atoms with van der Waals surface area (Å²) >= 11 is 11.1. The number of amides is 6. The van der Waals surface area contributed by atoms with Crippen LogP contribution >= 0.6 is 24.4 Å². The molecule has 18 N–H and O–H groups in total. The Bertz CT molecular complexity index is 5320. The maximum absolute atomic E-state index is 14.2. The summed E-state index contributed by atoms with van der Waals surface area (Å²) in [4.78, 5) is 133. The molecule has 0 spiro atoms. The first-order valence-corrected chi connectivity index (χ1v) is 44.4. The minimum absolute atomic E-state index is 0. The Balaban J connectivity index is -0.000000463. The van der Waals surface area contributed by atoms with Gasteiger partial charge >= 0.3 is 11.9 Å². The van der Waals surface area contributed by atoms with Gasteiger partial charge in [0, 0.05) is 160 Å². The number of aliphatic hydroxyl groups excluding tert-OH is 2. The number of rotatable bonds is 45. The highest BCUT2D eigenvalue weighted by molar-refractivity contribution is 7.80. The van der Waals surface area contributed by atoms with Gasteiger partial charge in [0.15, 0.2) is 21.1 Å². The largest absolute Gasteiger partial charge is 1.00 e. The van der Waals surface area contributed by atoms with Crippen LogP contribution in [0, 0.1) is 32.5 Å². The molecule has 6 amide bonds. The van der Waals surface area contributed by atoms with Gasteiger partial charge in [0.05, 0.1) is 51.0 Å². The molecule has 4 aromatic carbocycles. The second-order valence-electron chi connectivity index (χ2n) is 36.2. The van der Waals surface area contributed by atoms with Crippen LogP contribution in [0.2, 0.25) is 0 Å². The second kappa shape index (κ2) is 63.1. The maximum atomic E-state index is 14.2. The van der Waals surface area contributed by atoms with Crippen LogP contribution in [0.3, 0.4) is 0 Å². The lowest BCUT2D eigenvalue weighted by molar-refractivity contribution is -0.870. The van der Waals surface area contributed by atoms with Crippen LogP contribution < -0.4 is 82.2 Å². The third-order valence-electron chi connectivity index (χ3n) is 23.4. The average molecular weight is 2020 g/mol. The van der Waals surface area contributed by atoms with Crippen molar-refractivity contribution in [2.45, 2.75) is 274 Å². The molecule has 0 bridgehead atoms. The highest BCUT2D eigenvalue weighted by Crippen LogP contribution is 2.50. The number of aromatic hydroxyl groups is 2. The molecule has 2 aliphatic carbocycles. The topological polar surface area (TPSA) is 465 Å². The molecule has 33 heteroatoms. The Labute approximate surface area is 854 Å². The van der Waals surface area contributed by atoms with Crippen LogP contribution in [-0.2, 0) is 28.8 Å². The number of nitrogens with one attached hydrogen (secondary N) is 10. The summed E-state index contributed by atoms with van der Waals surface area (Å²) in [5, 5.41) is 92.4. The van der Waals surface area contributed by atoms with Gasteiger partial charge in [0.25, 0.3) is 0 Å². The molecule has 8 rings (SSSR count). The molecule has 30 nitrogen and oxygen atoms in total. The molecular weight excluding hydrogens is 1840 g/mol. The SMILES string of the molecule is C.C.C.C.C.C.C.C.C.C.C.C.CCCC(C)(CC(C)(CC(C)(CC)C(=O)NCCCNC(=S)Nc1ccc(-c2c3ccc(=O)cc-3oc3cc(O)ccc23)c(C(=O)O)c1)C(=O)NCCCN)C(=O)NCC(C)O.CCCC(C)(CC(C)(CC(C)(CC)C(=O)NCCCNC(=S)Nc1ccc(-c2c3ccc(=O)cc-3oc3cc(O)ccc23)c(C(=O)O)c1)C(=O)NCCC[N+](C)(C)C)C(=O)NCC(C)O.[Cl-]. The van der Waals surface area contributed by atoms with Crippen molar-refractivity contribution in [2.24, 2.45) is 38.2 Å². The van der Waals surface area contributed by atoms with Crippen LogP contribution in [0.25, 0.3) is 66.8 Å². The number of benzene rings is 6. The van der Waals surface area contributed by atoms with Crippen molar-refractivity contribution in [2.75, 3.05) is 97.2 Å². The van der Waals surface area contributed by atoms with Crippen molar-refractivity contribution in [3.8, 4) is 56.4 Å². The number of fused-ring (bicyclic) bond motifs is 4. The number of hydrogen-bond acceptors (Lipinski definition) is 19. The monoisotopic (exact) mass is 2020 g/mol. The molecule has 4 aromatic rings. The Hall–Kier alpha value is -10.9. The predicted octanol–water partition coefficient (Wildman–Crippen LogP) is 16.8. The van der Waals surface area contributed by atoms with E-state index in [4.69, 9.17) is 39.0 Å². The summed E-state index contributed by atoms with van der Waals surface area (Å²) < 4.78 is 12.6. The lowest BCUT2D eigenvalue weighted by Gasteiger charge is -2.42. The minimum Gasteiger partial charge on any atom is -1.00 e. The Morgan fingerprint density at radius 2 is 0.700 bits per heavy atom. The number of carboxylic acid groups (broad SMARTS) is 2. The van der Waals surface area contributed by atoms with Gasteiger partial charge in [-0.05, 0) is 199 Å². The minimum atomic E-state index is -1.20. The number of carboxylic acids is 2. The predicted molar refractivity (Wildman–Crippen MR) is 585 cm³/mol. The van der Waals surface area contributed by atoms with Crippen LogP contribution in [0.1, 0.15) is 283 Å². The summed E-state index contributed by atoms with van der Waals surface area (Å²) in [6, 6.07) is 27.2. The number of quaternary nitrogens is 1. The summed E-state index contributed by atoms with van der Waals surface area (Å²) in [7, 11) is 6.27. The number of carbonyl (C=O) groups is 8. The zero-order valence-corrected chi connectivity index (χ0v) is 78.7. The zero-order chi connectivity index (χ0) is 94.2. The molecule has 140 heavy (non-hydrogen) atoms. The quantitative estimate of drug-likeness (QED) is 0.00729. The number of phenols is 2. The molecule has 0 fully saturated rings. The van der Waals surface area contributed by atoms with E-state index in [0.29, 0.717) is 159 Å². The van der Waals surface area contributed by atoms with Crippen molar-refractivity contribution in [1.82, 2.24) is 42.5 Å². The number of aliphatic hydroxyl groups is 2. The number of carbonyl (C=O) groups excluding carboxylic acids is 6. The van der Waals surface area contributed by atoms with Crippen LogP contribution in [-0.4, -0.2) is 192 Å². The van der Waals surface area contributed by atoms with E-state index >= 15 is 0 Å². The molecular formula is C107H179ClN12O18S2. The fraction of sp³-hybridized carbons (Fsp3) is 0.551. The molecule has 4 aliphatic rings. The maximum Gasteiger partial charge on any atom is 0.336 e. The fourth-order valence-electron chi connectivity index (χ4n) is 16.8. The molecule has 8 atom stereocenters. The smallest absolute Gasteiger partial charge is 0.336 e. The van der Waals surface area contributed by atoms with Gasteiger partial charge in [-0.3, -0.25) is 38.4 Å². The van der Waals surface area contributed by atoms with Crippen molar-refractivity contribution < 1.29 is 94.7 Å². The molecule has 0 saturated heterocycles. The first kappa shape index (κ1) is 142. The number of nitrogens with zero attached hydrogens (tertiary/aromatic N) is 1. The van der Waals surface area contributed by atoms with Gasteiger partial charge in [0.2, 0.25) is 35.4 Å². The number of aromatic carboxylic acids is 2. The standard InChI is InChI=1S/C49H68N6O9S.C46H62N6O9S.12CH4.ClH/c1-10-20-48(5,44(62)53-28-31(3)56)30-49(6,45(63)51-23-13-24-55(7,8)9)29-47(4,11-2)43(61)50-21-12-22-52-46(65)54-32-14-17-35(38(25-32)42(59)60)41-36-18-15-33(57)26-39(36)64-40-27-34(58)16-19-37(40)41;1-7-17-45(5,41(59)51-25-28(3)53)27-46(6,42(60)48-19-9-18-47)26-44(4,8-2)40(58)49-20-10-21-50-43(62)52-29-11-14-32(35(22-29)39(56)57)38-33-15-12-30(54)23-36(33)61-37-24-31(55)13-16-34(37)38;;;;;;;;;;;;;/h14-19,25-27,31,56H,10-13,20-24,28-30H2,1-9H3,(H6-,50,51,52,53,54,57,58,59,60,61,62,63,65);11-16,22-24,28,53-54H,7-10,17-21,25-27,47H2,1-6H3,(H,48,60)(H,49,58)(H,51,59)(H,56,57)(H2,50,52,62);12*1H4;1H. The fourth-order valence-corrected chi connectivity index (χ4v) is 17.2. The third-order valence-corrected chi connectivity index (χ3v) is 23.9. The van der Waals surface area contributed by atoms with Gasteiger partial charge < -0.3 is 115 Å². The molecule has 0 radical (unpaired) electrons. The average Bonchev–Trinajstić information content (AvgIpc) is 0.736. The van der Waals surface area contributed by atoms with Gasteiger partial charge in [-0.1, -0.05) is 183 Å². The van der Waals surface area contributed by atoms with E-state index in [0.717, 1.165) is 17.4 Å². The number of hydrogen-bond donors (Lipinski definition) is 17.